The van der Waals surface area contributed by atoms with E-state index < -0.39 is 6.10 Å². The molecule has 0 saturated heterocycles. The Labute approximate surface area is 423 Å². The summed E-state index contributed by atoms with van der Waals surface area (Å²) in [6.07, 6.45) is 67.5. The fourth-order valence-electron chi connectivity index (χ4n) is 9.12. The molecular formula is C62H116O6. The lowest BCUT2D eigenvalue weighted by Gasteiger charge is -2.18. The summed E-state index contributed by atoms with van der Waals surface area (Å²) in [5.74, 6) is -0.863. The molecular weight excluding hydrogens is 841 g/mol. The number of carbonyl (C=O) groups is 3. The van der Waals surface area contributed by atoms with Gasteiger partial charge < -0.3 is 14.2 Å². The van der Waals surface area contributed by atoms with Gasteiger partial charge in [-0.15, -0.1) is 0 Å². The van der Waals surface area contributed by atoms with Gasteiger partial charge in [-0.2, -0.15) is 0 Å². The Morgan fingerprint density at radius 1 is 0.294 bits per heavy atom. The van der Waals surface area contributed by atoms with Crippen molar-refractivity contribution in [1.29, 1.82) is 0 Å². The summed E-state index contributed by atoms with van der Waals surface area (Å²) in [5.41, 5.74) is 0. The Hall–Kier alpha value is -2.11. The Morgan fingerprint density at radius 2 is 0.529 bits per heavy atom. The molecule has 0 amide bonds. The lowest BCUT2D eigenvalue weighted by Crippen LogP contribution is -2.30. The van der Waals surface area contributed by atoms with E-state index in [1.54, 1.807) is 0 Å². The average molecular weight is 958 g/mol. The van der Waals surface area contributed by atoms with Crippen LogP contribution in [0.1, 0.15) is 335 Å². The molecule has 0 spiro atoms. The second-order valence-corrected chi connectivity index (χ2v) is 20.6. The summed E-state index contributed by atoms with van der Waals surface area (Å²) >= 11 is 0. The van der Waals surface area contributed by atoms with Crippen LogP contribution in [0.5, 0.6) is 0 Å². The molecule has 400 valence electrons. The summed E-state index contributed by atoms with van der Waals surface area (Å²) in [6.45, 7) is 6.65. The van der Waals surface area contributed by atoms with E-state index in [9.17, 15) is 14.4 Å². The van der Waals surface area contributed by atoms with Crippen LogP contribution < -0.4 is 0 Å². The first-order valence-corrected chi connectivity index (χ1v) is 30.3. The van der Waals surface area contributed by atoms with Crippen molar-refractivity contribution in [2.24, 2.45) is 0 Å². The van der Waals surface area contributed by atoms with E-state index >= 15 is 0 Å². The predicted octanol–water partition coefficient (Wildman–Crippen LogP) is 20.3. The third kappa shape index (κ3) is 54.8. The molecule has 0 radical (unpaired) electrons. The van der Waals surface area contributed by atoms with Gasteiger partial charge in [-0.25, -0.2) is 0 Å². The molecule has 0 aliphatic heterocycles. The number of hydrogen-bond acceptors (Lipinski definition) is 6. The van der Waals surface area contributed by atoms with Gasteiger partial charge in [-0.1, -0.05) is 289 Å². The second-order valence-electron chi connectivity index (χ2n) is 20.6. The molecule has 0 rings (SSSR count). The number of hydrogen-bond donors (Lipinski definition) is 0. The van der Waals surface area contributed by atoms with Gasteiger partial charge in [-0.05, 0) is 51.4 Å². The third-order valence-corrected chi connectivity index (χ3v) is 13.7. The van der Waals surface area contributed by atoms with E-state index in [-0.39, 0.29) is 31.1 Å². The number of carbonyl (C=O) groups excluding carboxylic acids is 3. The zero-order valence-electron chi connectivity index (χ0n) is 45.9. The number of unbranched alkanes of at least 4 members (excludes halogenated alkanes) is 41. The van der Waals surface area contributed by atoms with Gasteiger partial charge in [0.1, 0.15) is 13.2 Å². The quantitative estimate of drug-likeness (QED) is 0.0262. The normalized spacial score (nSPS) is 12.1. The minimum absolute atomic E-state index is 0.0714. The minimum Gasteiger partial charge on any atom is -0.462 e. The molecule has 1 unspecified atom stereocenters. The number of rotatable bonds is 56. The highest BCUT2D eigenvalue weighted by molar-refractivity contribution is 5.71. The number of ether oxygens (including phenoxy) is 3. The van der Waals surface area contributed by atoms with Crippen molar-refractivity contribution >= 4 is 17.9 Å². The van der Waals surface area contributed by atoms with E-state index in [2.05, 4.69) is 45.1 Å². The molecule has 0 aromatic rings. The van der Waals surface area contributed by atoms with Gasteiger partial charge in [0, 0.05) is 19.3 Å². The van der Waals surface area contributed by atoms with Crippen molar-refractivity contribution in [3.8, 4) is 0 Å². The van der Waals surface area contributed by atoms with Crippen molar-refractivity contribution in [3.05, 3.63) is 24.3 Å². The van der Waals surface area contributed by atoms with Crippen molar-refractivity contribution in [1.82, 2.24) is 0 Å². The van der Waals surface area contributed by atoms with Gasteiger partial charge in [0.2, 0.25) is 0 Å². The first-order valence-electron chi connectivity index (χ1n) is 30.3. The van der Waals surface area contributed by atoms with E-state index in [0.29, 0.717) is 19.3 Å². The van der Waals surface area contributed by atoms with E-state index in [4.69, 9.17) is 14.2 Å². The first kappa shape index (κ1) is 65.9. The molecule has 6 nitrogen and oxygen atoms in total. The molecule has 0 bridgehead atoms. The van der Waals surface area contributed by atoms with Crippen LogP contribution in [0, 0.1) is 0 Å². The largest absolute Gasteiger partial charge is 0.462 e. The maximum absolute atomic E-state index is 12.8. The van der Waals surface area contributed by atoms with Crippen LogP contribution in [0.4, 0.5) is 0 Å². The molecule has 1 atom stereocenters. The van der Waals surface area contributed by atoms with E-state index in [0.717, 1.165) is 77.0 Å². The fraction of sp³-hybridized carbons (Fsp3) is 0.887. The van der Waals surface area contributed by atoms with Crippen LogP contribution in [0.15, 0.2) is 24.3 Å². The highest BCUT2D eigenvalue weighted by atomic mass is 16.6. The lowest BCUT2D eigenvalue weighted by atomic mass is 10.0. The SMILES string of the molecule is CCCCC/C=C\C/C=C\CCCCCCCC(=O)OC(COC(=O)CCCCCCCCCCCCCC)COC(=O)CCCCCCCCCCCCCCCCCCCCCCCCC. The molecule has 6 heteroatoms. The Kier molecular flexibility index (Phi) is 55.7. The van der Waals surface area contributed by atoms with Crippen LogP contribution in [0.25, 0.3) is 0 Å². The maximum Gasteiger partial charge on any atom is 0.306 e. The summed E-state index contributed by atoms with van der Waals surface area (Å²) in [4.78, 5) is 38.1. The molecule has 0 N–H and O–H groups in total. The molecule has 68 heavy (non-hydrogen) atoms. The monoisotopic (exact) mass is 957 g/mol. The Morgan fingerprint density at radius 3 is 0.838 bits per heavy atom. The van der Waals surface area contributed by atoms with Gasteiger partial charge >= 0.3 is 17.9 Å². The predicted molar refractivity (Wildman–Crippen MR) is 293 cm³/mol. The van der Waals surface area contributed by atoms with Crippen molar-refractivity contribution in [2.45, 2.75) is 341 Å². The molecule has 0 aliphatic rings. The molecule has 0 heterocycles. The number of esters is 3. The number of allylic oxidation sites excluding steroid dienone is 4. The molecule has 0 aromatic carbocycles. The van der Waals surface area contributed by atoms with Crippen LogP contribution in [0.2, 0.25) is 0 Å². The van der Waals surface area contributed by atoms with Gasteiger partial charge in [0.25, 0.3) is 0 Å². The maximum atomic E-state index is 12.8. The van der Waals surface area contributed by atoms with Gasteiger partial charge in [-0.3, -0.25) is 14.4 Å². The highest BCUT2D eigenvalue weighted by Gasteiger charge is 2.19. The molecule has 0 aromatic heterocycles. The zero-order valence-corrected chi connectivity index (χ0v) is 45.9. The van der Waals surface area contributed by atoms with E-state index in [1.807, 2.05) is 0 Å². The summed E-state index contributed by atoms with van der Waals surface area (Å²) in [7, 11) is 0. The van der Waals surface area contributed by atoms with Crippen molar-refractivity contribution in [3.63, 3.8) is 0 Å². The van der Waals surface area contributed by atoms with Crippen molar-refractivity contribution in [2.75, 3.05) is 13.2 Å². The van der Waals surface area contributed by atoms with Crippen LogP contribution in [0.3, 0.4) is 0 Å². The van der Waals surface area contributed by atoms with Crippen LogP contribution in [-0.2, 0) is 28.6 Å². The summed E-state index contributed by atoms with van der Waals surface area (Å²) in [6, 6.07) is 0. The molecule has 0 aliphatic carbocycles. The van der Waals surface area contributed by atoms with Gasteiger partial charge in [0.05, 0.1) is 0 Å². The topological polar surface area (TPSA) is 78.9 Å². The van der Waals surface area contributed by atoms with Gasteiger partial charge in [0.15, 0.2) is 6.10 Å². The summed E-state index contributed by atoms with van der Waals surface area (Å²) < 4.78 is 16.9. The second kappa shape index (κ2) is 57.5. The fourth-order valence-corrected chi connectivity index (χ4v) is 9.12. The zero-order chi connectivity index (χ0) is 49.3. The van der Waals surface area contributed by atoms with Crippen LogP contribution >= 0.6 is 0 Å². The highest BCUT2D eigenvalue weighted by Crippen LogP contribution is 2.17. The van der Waals surface area contributed by atoms with E-state index in [1.165, 1.54) is 218 Å². The van der Waals surface area contributed by atoms with Crippen molar-refractivity contribution < 1.29 is 28.6 Å². The first-order chi connectivity index (χ1) is 33.5. The third-order valence-electron chi connectivity index (χ3n) is 13.7. The smallest absolute Gasteiger partial charge is 0.306 e. The lowest BCUT2D eigenvalue weighted by molar-refractivity contribution is -0.167. The minimum atomic E-state index is -0.773. The summed E-state index contributed by atoms with van der Waals surface area (Å²) in [5, 5.41) is 0. The standard InChI is InChI=1S/C62H116O6/c1-4-7-10-13-16-19-22-25-27-28-29-30-31-32-33-34-36-37-40-43-46-49-52-55-61(64)67-58-59(57-66-60(63)54-51-48-45-42-39-24-21-18-15-12-9-6-3)68-62(65)56-53-50-47-44-41-38-35-26-23-20-17-14-11-8-5-2/h17,20,26,35,59H,4-16,18-19,21-25,27-34,36-58H2,1-3H3/b20-17-,35-26-. The molecule has 0 fully saturated rings. The van der Waals surface area contributed by atoms with Crippen LogP contribution in [-0.4, -0.2) is 37.2 Å². The Balaban J connectivity index is 4.23. The average Bonchev–Trinajstić information content (AvgIpc) is 3.34. The Bertz CT molecular complexity index is 1100. The molecule has 0 saturated carbocycles.